The minimum absolute atomic E-state index is 0. The maximum atomic E-state index is 12.8. The smallest absolute Gasteiger partial charge is 0 e. The maximum absolute atomic E-state index is 12.8. The van der Waals surface area contributed by atoms with Crippen LogP contribution in [0.4, 0.5) is 4.39 Å². The number of halogens is 1. The van der Waals surface area contributed by atoms with Crippen molar-refractivity contribution in [2.45, 2.75) is 65.7 Å². The van der Waals surface area contributed by atoms with Crippen LogP contribution in [0.5, 0.6) is 0 Å². The fraction of sp³-hybridized carbons (Fsp3) is 0.172. The minimum Gasteiger partial charge on any atom is 0 e. The van der Waals surface area contributed by atoms with Gasteiger partial charge in [0.2, 0.25) is 0 Å². The summed E-state index contributed by atoms with van der Waals surface area (Å²) in [6.45, 7) is 15.7. The molecule has 0 amide bonds. The van der Waals surface area contributed by atoms with Gasteiger partial charge in [-0.05, 0) is 16.7 Å². The fourth-order valence-corrected chi connectivity index (χ4v) is 11.8. The summed E-state index contributed by atoms with van der Waals surface area (Å²) >= 11 is -0.663. The van der Waals surface area contributed by atoms with Gasteiger partial charge in [0.25, 0.3) is 0 Å². The molecule has 3 heterocycles. The molecule has 7 aromatic carbocycles. The number of benzene rings is 7. The summed E-state index contributed by atoms with van der Waals surface area (Å²) < 4.78 is 18.2. The molecule has 6 heteroatoms. The molecule has 0 N–H and O–H groups in total. The molecule has 10 rings (SSSR count). The second kappa shape index (κ2) is 18.9. The van der Waals surface area contributed by atoms with E-state index in [9.17, 15) is 4.39 Å². The van der Waals surface area contributed by atoms with E-state index in [0.29, 0.717) is 11.8 Å². The predicted octanol–water partition coefficient (Wildman–Crippen LogP) is 15.4. The van der Waals surface area contributed by atoms with E-state index in [-0.39, 0.29) is 31.3 Å². The SMILES string of the molecule is CC(C)(C)c1ccc(-c2[c-]cc(F)cc2)nc1.CC(C)c1cc(-c2ccccc2)cc(C(C)C)c1-n1c(-c2[c-]ccc3c2[te]c2cc(-c4ccccc4)ccc23)nc2ccccc21.[Ir]. The Balaban J connectivity index is 0.000000262. The Bertz CT molecular complexity index is 3170. The third kappa shape index (κ3) is 9.08. The average molecular weight is 1130 g/mol. The molecule has 0 bridgehead atoms. The molecule has 0 saturated heterocycles. The Morgan fingerprint density at radius 1 is 0.641 bits per heavy atom. The van der Waals surface area contributed by atoms with Gasteiger partial charge in [-0.3, -0.25) is 4.39 Å². The van der Waals surface area contributed by atoms with Gasteiger partial charge in [-0.1, -0.05) is 32.9 Å². The molecule has 0 atom stereocenters. The van der Waals surface area contributed by atoms with E-state index in [4.69, 9.17) is 4.98 Å². The molecule has 0 saturated carbocycles. The summed E-state index contributed by atoms with van der Waals surface area (Å²) in [5.74, 6) is 1.37. The molecule has 0 aliphatic heterocycles. The van der Waals surface area contributed by atoms with Crippen LogP contribution in [-0.4, -0.2) is 35.0 Å². The first-order valence-electron chi connectivity index (χ1n) is 21.7. The van der Waals surface area contributed by atoms with E-state index < -0.39 is 20.4 Å². The molecule has 0 aliphatic rings. The molecular formula is C58H50FIrN3Te-2. The number of hydrogen-bond acceptors (Lipinski definition) is 2. The van der Waals surface area contributed by atoms with Crippen molar-refractivity contribution in [1.29, 1.82) is 0 Å². The normalized spacial score (nSPS) is 11.6. The van der Waals surface area contributed by atoms with Gasteiger partial charge in [0.1, 0.15) is 0 Å². The number of hydrogen-bond donors (Lipinski definition) is 0. The van der Waals surface area contributed by atoms with E-state index in [2.05, 4.69) is 204 Å². The van der Waals surface area contributed by atoms with Gasteiger partial charge in [-0.25, -0.2) is 0 Å². The molecule has 3 nitrogen and oxygen atoms in total. The van der Waals surface area contributed by atoms with Crippen LogP contribution >= 0.6 is 0 Å². The topological polar surface area (TPSA) is 30.7 Å². The molecule has 0 spiro atoms. The Morgan fingerprint density at radius 2 is 1.30 bits per heavy atom. The molecule has 1 radical (unpaired) electrons. The van der Waals surface area contributed by atoms with Crippen molar-refractivity contribution in [3.05, 3.63) is 199 Å². The van der Waals surface area contributed by atoms with Gasteiger partial charge in [0, 0.05) is 32.1 Å². The van der Waals surface area contributed by atoms with E-state index in [0.717, 1.165) is 33.7 Å². The minimum atomic E-state index is -0.663. The number of para-hydroxylation sites is 2. The van der Waals surface area contributed by atoms with Crippen LogP contribution in [0.25, 0.3) is 79.2 Å². The first-order chi connectivity index (χ1) is 30.4. The third-order valence-corrected chi connectivity index (χ3v) is 15.1. The Morgan fingerprint density at radius 3 is 1.91 bits per heavy atom. The monoisotopic (exact) mass is 1130 g/mol. The largest absolute Gasteiger partial charge is 0 e. The number of fused-ring (bicyclic) bond motifs is 4. The number of pyridine rings is 1. The molecular weight excluding hydrogens is 1080 g/mol. The number of aromatic nitrogens is 3. The first-order valence-corrected chi connectivity index (χ1v) is 24.1. The van der Waals surface area contributed by atoms with Gasteiger partial charge in [0.05, 0.1) is 0 Å². The van der Waals surface area contributed by atoms with Crippen molar-refractivity contribution in [2.24, 2.45) is 0 Å². The zero-order chi connectivity index (χ0) is 43.8. The van der Waals surface area contributed by atoms with Crippen molar-refractivity contribution in [3.63, 3.8) is 0 Å². The number of imidazole rings is 1. The van der Waals surface area contributed by atoms with Crippen molar-refractivity contribution in [1.82, 2.24) is 14.5 Å². The molecule has 0 fully saturated rings. The molecule has 10 aromatic rings. The summed E-state index contributed by atoms with van der Waals surface area (Å²) in [4.78, 5) is 9.79. The van der Waals surface area contributed by atoms with Crippen LogP contribution in [0.1, 0.15) is 77.0 Å². The van der Waals surface area contributed by atoms with Crippen LogP contribution in [0.2, 0.25) is 0 Å². The van der Waals surface area contributed by atoms with E-state index in [1.54, 1.807) is 6.07 Å². The second-order valence-corrected chi connectivity index (χ2v) is 20.8. The standard InChI is InChI=1S/C43H35N2Te.C15H15FN.Ir/c1-27(2)36-24-32(30-16-9-6-10-17-30)25-37(28(3)4)41(36)45-39-21-12-11-20-38(39)44-43(45)35-19-13-18-34-33-23-22-31(26-40(33)46-42(34)35)29-14-7-5-8-15-29;1-15(2,3)12-6-9-14(17-10-12)11-4-7-13(16)8-5-11;/h5-18,20-28H,1-4H3;4,6-10H,1-3H3;/q2*-1;. The first kappa shape index (κ1) is 45.1. The Hall–Kier alpha value is -5.47. The summed E-state index contributed by atoms with van der Waals surface area (Å²) in [6, 6.07) is 61.4. The summed E-state index contributed by atoms with van der Waals surface area (Å²) in [5, 5.41) is 2.71. The van der Waals surface area contributed by atoms with E-state index >= 15 is 0 Å². The number of nitrogens with zero attached hydrogens (tertiary/aromatic N) is 3. The van der Waals surface area contributed by atoms with Gasteiger partial charge in [-0.2, -0.15) is 0 Å². The fourth-order valence-electron chi connectivity index (χ4n) is 8.32. The van der Waals surface area contributed by atoms with Crippen LogP contribution < -0.4 is 0 Å². The van der Waals surface area contributed by atoms with Crippen molar-refractivity contribution < 1.29 is 24.5 Å². The Kier molecular flexibility index (Phi) is 13.3. The summed E-state index contributed by atoms with van der Waals surface area (Å²) in [7, 11) is 0. The molecule has 3 aromatic heterocycles. The van der Waals surface area contributed by atoms with Crippen LogP contribution in [-0.2, 0) is 25.5 Å². The second-order valence-electron chi connectivity index (χ2n) is 17.8. The van der Waals surface area contributed by atoms with Gasteiger partial charge in [0.15, 0.2) is 0 Å². The predicted molar refractivity (Wildman–Crippen MR) is 264 cm³/mol. The summed E-state index contributed by atoms with van der Waals surface area (Å²) in [5.41, 5.74) is 15.2. The van der Waals surface area contributed by atoms with Crippen molar-refractivity contribution in [3.8, 4) is 50.6 Å². The maximum Gasteiger partial charge on any atom is 0 e. The van der Waals surface area contributed by atoms with E-state index in [1.807, 2.05) is 12.3 Å². The molecule has 321 valence electrons. The Labute approximate surface area is 400 Å². The van der Waals surface area contributed by atoms with Crippen LogP contribution in [0.15, 0.2) is 164 Å². The quantitative estimate of drug-likeness (QED) is 0.118. The van der Waals surface area contributed by atoms with Crippen LogP contribution in [0, 0.1) is 17.9 Å². The van der Waals surface area contributed by atoms with Crippen LogP contribution in [0.3, 0.4) is 0 Å². The van der Waals surface area contributed by atoms with Gasteiger partial charge >= 0.3 is 282 Å². The average Bonchev–Trinajstić information content (AvgIpc) is 3.88. The molecule has 64 heavy (non-hydrogen) atoms. The summed E-state index contributed by atoms with van der Waals surface area (Å²) in [6.07, 6.45) is 1.87. The molecule has 0 unspecified atom stereocenters. The number of rotatable bonds is 7. The van der Waals surface area contributed by atoms with Crippen molar-refractivity contribution in [2.75, 3.05) is 0 Å². The van der Waals surface area contributed by atoms with Gasteiger partial charge < -0.3 is 4.98 Å². The van der Waals surface area contributed by atoms with Crippen molar-refractivity contribution >= 4 is 49.0 Å². The third-order valence-electron chi connectivity index (χ3n) is 11.7. The van der Waals surface area contributed by atoms with E-state index in [1.165, 1.54) is 74.3 Å². The van der Waals surface area contributed by atoms with Gasteiger partial charge in [-0.15, -0.1) is 29.8 Å². The molecule has 0 aliphatic carbocycles. The zero-order valence-electron chi connectivity index (χ0n) is 37.2. The zero-order valence-corrected chi connectivity index (χ0v) is 41.9.